The van der Waals surface area contributed by atoms with Crippen molar-refractivity contribution in [2.45, 2.75) is 81.9 Å². The van der Waals surface area contributed by atoms with Crippen LogP contribution in [0.5, 0.6) is 0 Å². The second-order valence-corrected chi connectivity index (χ2v) is 9.70. The molecule has 2 aliphatic heterocycles. The molecule has 0 aromatic carbocycles. The highest BCUT2D eigenvalue weighted by Gasteiger charge is 2.61. The molecule has 0 aromatic heterocycles. The quantitative estimate of drug-likeness (QED) is 0.721. The summed E-state index contributed by atoms with van der Waals surface area (Å²) >= 11 is 0. The van der Waals surface area contributed by atoms with Crippen molar-refractivity contribution in [3.63, 3.8) is 0 Å². The topological polar surface area (TPSA) is 36.9 Å². The van der Waals surface area contributed by atoms with E-state index < -0.39 is 0 Å². The average molecular weight is 348 g/mol. The van der Waals surface area contributed by atoms with Gasteiger partial charge in [0.25, 0.3) is 0 Å². The third-order valence-electron chi connectivity index (χ3n) is 8.46. The first kappa shape index (κ1) is 15.9. The molecule has 4 heteroatoms. The zero-order chi connectivity index (χ0) is 16.5. The van der Waals surface area contributed by atoms with E-state index in [4.69, 9.17) is 18.9 Å². The molecule has 0 N–H and O–H groups in total. The summed E-state index contributed by atoms with van der Waals surface area (Å²) in [6.45, 7) is 2.67. The summed E-state index contributed by atoms with van der Waals surface area (Å²) in [6.07, 6.45) is 12.6. The van der Waals surface area contributed by atoms with E-state index in [1.165, 1.54) is 32.1 Å². The Labute approximate surface area is 150 Å². The standard InChI is InChI=1S/C21H32O4/c1-2-7-23-20(22-6-1)13-15-10-17(20)11-18(15)19-5-8-24-21(25-19)12-14-3-4-16(21)9-14/h14-19H,1-13H2. The Hall–Kier alpha value is -0.160. The Morgan fingerprint density at radius 2 is 1.52 bits per heavy atom. The van der Waals surface area contributed by atoms with E-state index in [1.807, 2.05) is 0 Å². The monoisotopic (exact) mass is 348 g/mol. The van der Waals surface area contributed by atoms with Crippen LogP contribution in [0, 0.1) is 29.6 Å². The van der Waals surface area contributed by atoms with E-state index in [9.17, 15) is 0 Å². The van der Waals surface area contributed by atoms with Crippen LogP contribution in [0.2, 0.25) is 0 Å². The molecule has 4 nitrogen and oxygen atoms in total. The molecule has 140 valence electrons. The Morgan fingerprint density at radius 1 is 0.680 bits per heavy atom. The summed E-state index contributed by atoms with van der Waals surface area (Å²) in [5.41, 5.74) is 0. The van der Waals surface area contributed by atoms with Crippen molar-refractivity contribution in [2.24, 2.45) is 29.6 Å². The number of hydrogen-bond donors (Lipinski definition) is 0. The van der Waals surface area contributed by atoms with Crippen molar-refractivity contribution >= 4 is 0 Å². The van der Waals surface area contributed by atoms with Gasteiger partial charge >= 0.3 is 0 Å². The molecule has 2 spiro atoms. The van der Waals surface area contributed by atoms with Crippen molar-refractivity contribution < 1.29 is 18.9 Å². The molecule has 0 radical (unpaired) electrons. The lowest BCUT2D eigenvalue weighted by Crippen LogP contribution is -2.52. The second-order valence-electron chi connectivity index (χ2n) is 9.70. The van der Waals surface area contributed by atoms with Gasteiger partial charge in [-0.05, 0) is 69.1 Å². The fourth-order valence-corrected chi connectivity index (χ4v) is 7.38. The molecule has 0 amide bonds. The first-order valence-electron chi connectivity index (χ1n) is 10.9. The van der Waals surface area contributed by atoms with Crippen molar-refractivity contribution in [3.8, 4) is 0 Å². The van der Waals surface area contributed by atoms with Crippen LogP contribution < -0.4 is 0 Å². The minimum absolute atomic E-state index is 0.208. The Kier molecular flexibility index (Phi) is 3.59. The van der Waals surface area contributed by atoms with Crippen LogP contribution >= 0.6 is 0 Å². The van der Waals surface area contributed by atoms with Crippen LogP contribution in [0.15, 0.2) is 0 Å². The molecule has 6 fully saturated rings. The molecular formula is C21H32O4. The van der Waals surface area contributed by atoms with E-state index in [1.54, 1.807) is 0 Å². The van der Waals surface area contributed by atoms with Crippen molar-refractivity contribution in [1.29, 1.82) is 0 Å². The maximum atomic E-state index is 6.80. The van der Waals surface area contributed by atoms with E-state index in [2.05, 4.69) is 0 Å². The molecule has 2 saturated heterocycles. The molecule has 0 aromatic rings. The van der Waals surface area contributed by atoms with Gasteiger partial charge in [-0.15, -0.1) is 0 Å². The maximum Gasteiger partial charge on any atom is 0.171 e. The molecule has 7 atom stereocenters. The van der Waals surface area contributed by atoms with Crippen LogP contribution in [0.25, 0.3) is 0 Å². The largest absolute Gasteiger partial charge is 0.350 e. The van der Waals surface area contributed by atoms with Gasteiger partial charge in [-0.2, -0.15) is 0 Å². The summed E-state index contributed by atoms with van der Waals surface area (Å²) in [4.78, 5) is 0. The van der Waals surface area contributed by atoms with Gasteiger partial charge in [0.05, 0.1) is 25.9 Å². The molecule has 25 heavy (non-hydrogen) atoms. The van der Waals surface area contributed by atoms with Crippen LogP contribution in [0.1, 0.15) is 64.2 Å². The van der Waals surface area contributed by atoms with E-state index >= 15 is 0 Å². The van der Waals surface area contributed by atoms with E-state index in [-0.39, 0.29) is 11.6 Å². The van der Waals surface area contributed by atoms with Crippen molar-refractivity contribution in [2.75, 3.05) is 19.8 Å². The average Bonchev–Trinajstić information content (AvgIpc) is 3.34. The van der Waals surface area contributed by atoms with Gasteiger partial charge in [0, 0.05) is 24.7 Å². The lowest BCUT2D eigenvalue weighted by molar-refractivity contribution is -0.328. The first-order chi connectivity index (χ1) is 12.3. The smallest absolute Gasteiger partial charge is 0.171 e. The zero-order valence-corrected chi connectivity index (χ0v) is 15.3. The summed E-state index contributed by atoms with van der Waals surface area (Å²) in [6, 6.07) is 0. The van der Waals surface area contributed by atoms with Crippen LogP contribution in [0.3, 0.4) is 0 Å². The first-order valence-corrected chi connectivity index (χ1v) is 10.9. The molecule has 4 bridgehead atoms. The fraction of sp³-hybridized carbons (Fsp3) is 1.00. The summed E-state index contributed by atoms with van der Waals surface area (Å²) in [5.74, 6) is 3.09. The maximum absolute atomic E-state index is 6.80. The van der Waals surface area contributed by atoms with Gasteiger partial charge < -0.3 is 18.9 Å². The lowest BCUT2D eigenvalue weighted by atomic mass is 9.80. The molecule has 6 aliphatic rings. The predicted molar refractivity (Wildman–Crippen MR) is 91.8 cm³/mol. The third kappa shape index (κ3) is 2.33. The molecule has 6 rings (SSSR count). The highest BCUT2D eigenvalue weighted by atomic mass is 16.7. The van der Waals surface area contributed by atoms with Gasteiger partial charge in [0.15, 0.2) is 11.6 Å². The molecule has 4 saturated carbocycles. The van der Waals surface area contributed by atoms with Gasteiger partial charge in [-0.3, -0.25) is 0 Å². The van der Waals surface area contributed by atoms with Crippen molar-refractivity contribution in [3.05, 3.63) is 0 Å². The number of hydrogen-bond acceptors (Lipinski definition) is 4. The van der Waals surface area contributed by atoms with Crippen LogP contribution in [0.4, 0.5) is 0 Å². The minimum atomic E-state index is -0.243. The lowest BCUT2D eigenvalue weighted by Gasteiger charge is -2.48. The number of rotatable bonds is 1. The zero-order valence-electron chi connectivity index (χ0n) is 15.3. The molecular weight excluding hydrogens is 316 g/mol. The van der Waals surface area contributed by atoms with Gasteiger partial charge in [0.2, 0.25) is 0 Å². The third-order valence-corrected chi connectivity index (χ3v) is 8.46. The second kappa shape index (κ2) is 5.67. The Morgan fingerprint density at radius 3 is 2.20 bits per heavy atom. The highest BCUT2D eigenvalue weighted by molar-refractivity contribution is 5.05. The normalized spacial score (nSPS) is 53.8. The highest BCUT2D eigenvalue weighted by Crippen LogP contribution is 2.60. The van der Waals surface area contributed by atoms with E-state index in [0.29, 0.717) is 23.9 Å². The minimum Gasteiger partial charge on any atom is -0.350 e. The van der Waals surface area contributed by atoms with Crippen LogP contribution in [-0.4, -0.2) is 37.5 Å². The fourth-order valence-electron chi connectivity index (χ4n) is 7.38. The van der Waals surface area contributed by atoms with E-state index in [0.717, 1.165) is 63.8 Å². The summed E-state index contributed by atoms with van der Waals surface area (Å²) < 4.78 is 25.6. The number of ether oxygens (including phenoxy) is 4. The van der Waals surface area contributed by atoms with Gasteiger partial charge in [0.1, 0.15) is 0 Å². The summed E-state index contributed by atoms with van der Waals surface area (Å²) in [5, 5.41) is 0. The number of fused-ring (bicyclic) bond motifs is 6. The molecule has 2 heterocycles. The summed E-state index contributed by atoms with van der Waals surface area (Å²) in [7, 11) is 0. The Bertz CT molecular complexity index is 528. The Balaban J connectivity index is 1.17. The molecule has 4 aliphatic carbocycles. The van der Waals surface area contributed by atoms with Crippen LogP contribution in [-0.2, 0) is 18.9 Å². The SMILES string of the molecule is C1CCOC2(CC3CC2CC3C2CCOC3(CC4CCC3C4)O2)OC1. The van der Waals surface area contributed by atoms with Crippen molar-refractivity contribution in [1.82, 2.24) is 0 Å². The predicted octanol–water partition coefficient (Wildman–Crippen LogP) is 3.88. The van der Waals surface area contributed by atoms with Gasteiger partial charge in [-0.25, -0.2) is 0 Å². The van der Waals surface area contributed by atoms with Gasteiger partial charge in [-0.1, -0.05) is 0 Å². The molecule has 7 unspecified atom stereocenters.